The van der Waals surface area contributed by atoms with E-state index < -0.39 is 0 Å². The fourth-order valence-corrected chi connectivity index (χ4v) is 5.86. The molecule has 9 heteroatoms. The van der Waals surface area contributed by atoms with Gasteiger partial charge in [-0.1, -0.05) is 29.2 Å². The number of hydrogen-bond donors (Lipinski definition) is 2. The van der Waals surface area contributed by atoms with Crippen molar-refractivity contribution in [3.8, 4) is 5.75 Å². The summed E-state index contributed by atoms with van der Waals surface area (Å²) < 4.78 is 6.62. The SMILES string of the molecule is COc1cc(C)c(Sc2cnc(Nc3ccccn3)s2)cc1C(=O)N1CCNC2(CC2)C1. The van der Waals surface area contributed by atoms with Gasteiger partial charge in [-0.25, -0.2) is 9.97 Å². The Morgan fingerprint density at radius 2 is 2.19 bits per heavy atom. The van der Waals surface area contributed by atoms with Crippen molar-refractivity contribution in [1.29, 1.82) is 0 Å². The van der Waals surface area contributed by atoms with Gasteiger partial charge in [0.1, 0.15) is 11.6 Å². The van der Waals surface area contributed by atoms with Gasteiger partial charge in [-0.2, -0.15) is 0 Å². The summed E-state index contributed by atoms with van der Waals surface area (Å²) in [5, 5.41) is 7.57. The molecule has 2 aliphatic rings. The predicted octanol–water partition coefficient (Wildman–Crippen LogP) is 4.33. The number of benzene rings is 1. The quantitative estimate of drug-likeness (QED) is 0.559. The third-order valence-electron chi connectivity index (χ3n) is 5.84. The third kappa shape index (κ3) is 4.46. The fraction of sp³-hybridized carbons (Fsp3) is 0.348. The first kappa shape index (κ1) is 21.2. The zero-order chi connectivity index (χ0) is 22.1. The number of piperazine rings is 1. The van der Waals surface area contributed by atoms with Crippen LogP contribution in [0.25, 0.3) is 0 Å². The molecule has 0 unspecified atom stereocenters. The van der Waals surface area contributed by atoms with Crippen LogP contribution in [0, 0.1) is 6.92 Å². The lowest BCUT2D eigenvalue weighted by Crippen LogP contribution is -2.54. The molecule has 0 bridgehead atoms. The molecular formula is C23H25N5O2S2. The molecule has 166 valence electrons. The number of rotatable bonds is 6. The summed E-state index contributed by atoms with van der Waals surface area (Å²) in [4.78, 5) is 25.1. The summed E-state index contributed by atoms with van der Waals surface area (Å²) in [6.45, 7) is 4.37. The maximum Gasteiger partial charge on any atom is 0.257 e. The van der Waals surface area contributed by atoms with Crippen LogP contribution in [0.1, 0.15) is 28.8 Å². The highest BCUT2D eigenvalue weighted by Gasteiger charge is 2.46. The molecule has 1 aromatic carbocycles. The van der Waals surface area contributed by atoms with E-state index in [1.165, 1.54) is 0 Å². The van der Waals surface area contributed by atoms with Crippen LogP contribution in [0.15, 0.2) is 51.8 Å². The number of carbonyl (C=O) groups excluding carboxylic acids is 1. The minimum Gasteiger partial charge on any atom is -0.496 e. The van der Waals surface area contributed by atoms with E-state index >= 15 is 0 Å². The topological polar surface area (TPSA) is 79.4 Å². The molecule has 1 saturated carbocycles. The fourth-order valence-electron chi connectivity index (χ4n) is 3.91. The van der Waals surface area contributed by atoms with E-state index in [2.05, 4.69) is 20.6 Å². The van der Waals surface area contributed by atoms with Crippen LogP contribution in [-0.2, 0) is 0 Å². The summed E-state index contributed by atoms with van der Waals surface area (Å²) in [6, 6.07) is 9.64. The van der Waals surface area contributed by atoms with Crippen LogP contribution in [0.5, 0.6) is 5.75 Å². The average Bonchev–Trinajstić information content (AvgIpc) is 3.40. The van der Waals surface area contributed by atoms with E-state index in [0.717, 1.165) is 58.1 Å². The normalized spacial score (nSPS) is 16.8. The molecule has 1 spiro atoms. The Morgan fingerprint density at radius 1 is 1.31 bits per heavy atom. The monoisotopic (exact) mass is 467 g/mol. The second kappa shape index (κ2) is 8.73. The highest BCUT2D eigenvalue weighted by Crippen LogP contribution is 2.40. The molecular weight excluding hydrogens is 442 g/mol. The minimum atomic E-state index is 0.0401. The van der Waals surface area contributed by atoms with Crippen LogP contribution >= 0.6 is 23.1 Å². The average molecular weight is 468 g/mol. The number of methoxy groups -OCH3 is 1. The zero-order valence-electron chi connectivity index (χ0n) is 18.1. The number of carbonyl (C=O) groups is 1. The highest BCUT2D eigenvalue weighted by atomic mass is 32.2. The smallest absolute Gasteiger partial charge is 0.257 e. The third-order valence-corrected chi connectivity index (χ3v) is 8.01. The number of anilines is 2. The Bertz CT molecular complexity index is 1130. The van der Waals surface area contributed by atoms with Gasteiger partial charge in [-0.3, -0.25) is 4.79 Å². The summed E-state index contributed by atoms with van der Waals surface area (Å²) >= 11 is 3.17. The van der Waals surface area contributed by atoms with Crippen LogP contribution in [0.2, 0.25) is 0 Å². The second-order valence-corrected chi connectivity index (χ2v) is 10.6. The van der Waals surface area contributed by atoms with Crippen molar-refractivity contribution >= 4 is 40.0 Å². The summed E-state index contributed by atoms with van der Waals surface area (Å²) in [5.74, 6) is 1.43. The van der Waals surface area contributed by atoms with Crippen LogP contribution in [0.3, 0.4) is 0 Å². The predicted molar refractivity (Wildman–Crippen MR) is 127 cm³/mol. The number of ether oxygens (including phenoxy) is 1. The lowest BCUT2D eigenvalue weighted by molar-refractivity contribution is 0.0687. The largest absolute Gasteiger partial charge is 0.496 e. The molecule has 7 nitrogen and oxygen atoms in total. The van der Waals surface area contributed by atoms with Crippen molar-refractivity contribution in [3.63, 3.8) is 0 Å². The van der Waals surface area contributed by atoms with E-state index in [4.69, 9.17) is 4.74 Å². The first-order chi connectivity index (χ1) is 15.5. The van der Waals surface area contributed by atoms with Crippen molar-refractivity contribution in [3.05, 3.63) is 53.9 Å². The molecule has 32 heavy (non-hydrogen) atoms. The summed E-state index contributed by atoms with van der Waals surface area (Å²) in [5.41, 5.74) is 1.83. The van der Waals surface area contributed by atoms with Crippen molar-refractivity contribution < 1.29 is 9.53 Å². The maximum absolute atomic E-state index is 13.4. The Hall–Kier alpha value is -2.62. The Labute approximate surface area is 195 Å². The van der Waals surface area contributed by atoms with Gasteiger partial charge in [0.2, 0.25) is 0 Å². The lowest BCUT2D eigenvalue weighted by Gasteiger charge is -2.34. The van der Waals surface area contributed by atoms with Crippen LogP contribution < -0.4 is 15.4 Å². The number of thiazole rings is 1. The van der Waals surface area contributed by atoms with Crippen LogP contribution in [-0.4, -0.2) is 53.1 Å². The second-order valence-electron chi connectivity index (χ2n) is 8.18. The van der Waals surface area contributed by atoms with E-state index in [1.807, 2.05) is 48.4 Å². The molecule has 1 aliphatic carbocycles. The molecule has 1 saturated heterocycles. The van der Waals surface area contributed by atoms with Crippen molar-refractivity contribution in [2.45, 2.75) is 34.4 Å². The van der Waals surface area contributed by atoms with Gasteiger partial charge in [0.25, 0.3) is 5.91 Å². The van der Waals surface area contributed by atoms with E-state index in [9.17, 15) is 4.79 Å². The molecule has 1 amide bonds. The van der Waals surface area contributed by atoms with Gasteiger partial charge in [0.05, 0.1) is 23.1 Å². The van der Waals surface area contributed by atoms with E-state index in [0.29, 0.717) is 11.3 Å². The van der Waals surface area contributed by atoms with Gasteiger partial charge in [-0.05, 0) is 49.6 Å². The molecule has 0 radical (unpaired) electrons. The summed E-state index contributed by atoms with van der Waals surface area (Å²) in [6.07, 6.45) is 5.87. The zero-order valence-corrected chi connectivity index (χ0v) is 19.7. The molecule has 2 fully saturated rings. The van der Waals surface area contributed by atoms with Crippen molar-refractivity contribution in [2.24, 2.45) is 0 Å². The molecule has 2 N–H and O–H groups in total. The van der Waals surface area contributed by atoms with E-state index in [1.54, 1.807) is 36.4 Å². The molecule has 3 aromatic rings. The maximum atomic E-state index is 13.4. The Morgan fingerprint density at radius 3 is 2.94 bits per heavy atom. The van der Waals surface area contributed by atoms with Crippen molar-refractivity contribution in [2.75, 3.05) is 32.1 Å². The van der Waals surface area contributed by atoms with Gasteiger partial charge in [0.15, 0.2) is 5.13 Å². The number of pyridine rings is 1. The lowest BCUT2D eigenvalue weighted by atomic mass is 10.1. The van der Waals surface area contributed by atoms with E-state index in [-0.39, 0.29) is 11.4 Å². The number of aromatic nitrogens is 2. The standard InChI is InChI=1S/C23H25N5O2S2/c1-15-11-17(30-2)16(21(29)28-10-9-26-23(14-28)6-7-23)12-18(15)31-20-13-25-22(32-20)27-19-5-3-4-8-24-19/h3-5,8,11-13,26H,6-7,9-10,14H2,1-2H3,(H,24,25,27). The molecule has 2 aromatic heterocycles. The Balaban J connectivity index is 1.36. The number of aryl methyl sites for hydroxylation is 1. The highest BCUT2D eigenvalue weighted by molar-refractivity contribution is 8.01. The molecule has 1 aliphatic heterocycles. The molecule has 3 heterocycles. The number of hydrogen-bond acceptors (Lipinski definition) is 8. The minimum absolute atomic E-state index is 0.0401. The van der Waals surface area contributed by atoms with Gasteiger partial charge >= 0.3 is 0 Å². The van der Waals surface area contributed by atoms with Gasteiger partial charge < -0.3 is 20.3 Å². The van der Waals surface area contributed by atoms with Gasteiger partial charge in [-0.15, -0.1) is 0 Å². The number of nitrogens with zero attached hydrogens (tertiary/aromatic N) is 3. The molecule has 5 rings (SSSR count). The number of nitrogens with one attached hydrogen (secondary N) is 2. The first-order valence-corrected chi connectivity index (χ1v) is 12.2. The first-order valence-electron chi connectivity index (χ1n) is 10.6. The molecule has 0 atom stereocenters. The van der Waals surface area contributed by atoms with Gasteiger partial charge in [0, 0.05) is 36.3 Å². The van der Waals surface area contributed by atoms with Crippen molar-refractivity contribution in [1.82, 2.24) is 20.2 Å². The summed E-state index contributed by atoms with van der Waals surface area (Å²) in [7, 11) is 1.62. The van der Waals surface area contributed by atoms with Crippen LogP contribution in [0.4, 0.5) is 10.9 Å². The Kier molecular flexibility index (Phi) is 5.79. The number of amides is 1.